The number of methoxy groups -OCH3 is 1. The van der Waals surface area contributed by atoms with Gasteiger partial charge < -0.3 is 21.5 Å². The van der Waals surface area contributed by atoms with Gasteiger partial charge in [-0.25, -0.2) is 4.79 Å². The second-order valence-corrected chi connectivity index (χ2v) is 14.7. The first-order chi connectivity index (χ1) is 24.8. The number of hydrogen-bond donors (Lipinski definition) is 3. The standard InChI is InChI=1S/C23H31NO3.C22H31NO2.Al.Li.4H/c1-16(2)24(17(3)4)14-13-20(18-9-7-6-8-10-18)21-15-19(23(26)27-5)11-12-22(21)25;1-16(2)23(17(3)4)13-12-20(19-8-6-5-7-9-19)21-14-18(15-24)10-11-22(21)25;;;;;;/h6-12,15-17,20,25H,13-14H2,1-5H3;5-11,14,16-17,20,24-25H,12-13,15H2,1-4H3;;;;;;/q;;;+1;;;;-1/t2*20-;;;;;;/m11....../s1. The second-order valence-electron chi connectivity index (χ2n) is 14.7. The Morgan fingerprint density at radius 2 is 1.02 bits per heavy atom. The van der Waals surface area contributed by atoms with Gasteiger partial charge in [-0.05, 0) is 128 Å². The van der Waals surface area contributed by atoms with E-state index in [1.54, 1.807) is 30.3 Å². The molecule has 0 aliphatic heterocycles. The number of hydrogen-bond acceptors (Lipinski definition) is 7. The number of carbonyl (C=O) groups excluding carboxylic acids is 1. The van der Waals surface area contributed by atoms with E-state index in [9.17, 15) is 20.1 Å². The molecule has 0 aliphatic carbocycles. The van der Waals surface area contributed by atoms with Gasteiger partial charge in [-0.2, -0.15) is 0 Å². The summed E-state index contributed by atoms with van der Waals surface area (Å²) in [6.45, 7) is 19.5. The topological polar surface area (TPSA) is 93.5 Å². The fourth-order valence-corrected chi connectivity index (χ4v) is 7.22. The van der Waals surface area contributed by atoms with E-state index in [-0.39, 0.29) is 61.8 Å². The number of phenols is 2. The van der Waals surface area contributed by atoms with Gasteiger partial charge in [0.25, 0.3) is 0 Å². The predicted molar refractivity (Wildman–Crippen MR) is 224 cm³/mol. The number of carbonyl (C=O) groups is 1. The Bertz CT molecular complexity index is 1640. The first-order valence-corrected chi connectivity index (χ1v) is 18.7. The number of benzene rings is 4. The SMILES string of the molecule is CC(C)N(CC[C@H](c1ccccc1)c1cc(CO)ccc1O)C(C)C.COC(=O)c1ccc(O)c([C@H](CCN(C(C)C)C(C)C)c2ccccc2)c1.[AlH3].[H-].[Li+]. The normalized spacial score (nSPS) is 12.3. The zero-order valence-corrected chi connectivity index (χ0v) is 33.8. The maximum atomic E-state index is 12.0. The molecule has 2 atom stereocenters. The second kappa shape index (κ2) is 24.5. The number of aliphatic hydroxyl groups excluding tert-OH is 1. The fraction of sp³-hybridized carbons (Fsp3) is 0.444. The van der Waals surface area contributed by atoms with Gasteiger partial charge in [0.05, 0.1) is 19.3 Å². The molecule has 0 aliphatic rings. The van der Waals surface area contributed by atoms with Crippen LogP contribution in [0.4, 0.5) is 0 Å². The van der Waals surface area contributed by atoms with E-state index in [0.717, 1.165) is 48.2 Å². The summed E-state index contributed by atoms with van der Waals surface area (Å²) >= 11 is 0. The quantitative estimate of drug-likeness (QED) is 0.106. The van der Waals surface area contributed by atoms with E-state index >= 15 is 0 Å². The summed E-state index contributed by atoms with van der Waals surface area (Å²) in [7, 11) is 1.37. The molecule has 4 aromatic rings. The molecule has 0 aromatic heterocycles. The Kier molecular flexibility index (Phi) is 22.2. The number of esters is 1. The minimum atomic E-state index is -0.394. The van der Waals surface area contributed by atoms with Crippen molar-refractivity contribution in [2.24, 2.45) is 0 Å². The summed E-state index contributed by atoms with van der Waals surface area (Å²) in [5.41, 5.74) is 5.26. The van der Waals surface area contributed by atoms with Crippen LogP contribution in [0.2, 0.25) is 0 Å². The smallest absolute Gasteiger partial charge is 1.00 e. The molecule has 4 aromatic carbocycles. The van der Waals surface area contributed by atoms with Crippen molar-refractivity contribution in [2.75, 3.05) is 20.2 Å². The summed E-state index contributed by atoms with van der Waals surface area (Å²) in [5.74, 6) is 0.210. The van der Waals surface area contributed by atoms with Crippen LogP contribution in [0.1, 0.15) is 120 Å². The van der Waals surface area contributed by atoms with E-state index in [2.05, 4.69) is 89.5 Å². The molecule has 290 valence electrons. The van der Waals surface area contributed by atoms with Crippen LogP contribution in [0.15, 0.2) is 97.1 Å². The summed E-state index contributed by atoms with van der Waals surface area (Å²) < 4.78 is 4.85. The first-order valence-electron chi connectivity index (χ1n) is 18.7. The summed E-state index contributed by atoms with van der Waals surface area (Å²) in [5, 5.41) is 30.5. The van der Waals surface area contributed by atoms with Crippen molar-refractivity contribution >= 4 is 23.3 Å². The number of rotatable bonds is 16. The molecular weight excluding hydrogens is 682 g/mol. The van der Waals surface area contributed by atoms with Crippen molar-refractivity contribution in [3.8, 4) is 11.5 Å². The molecular formula is C45H66AlLiN2O5. The zero-order valence-electron chi connectivity index (χ0n) is 34.8. The molecule has 0 heterocycles. The molecule has 54 heavy (non-hydrogen) atoms. The van der Waals surface area contributed by atoms with Crippen molar-refractivity contribution in [3.63, 3.8) is 0 Å². The van der Waals surface area contributed by atoms with Gasteiger partial charge in [-0.15, -0.1) is 0 Å². The Morgan fingerprint density at radius 1 is 0.630 bits per heavy atom. The van der Waals surface area contributed by atoms with Crippen molar-refractivity contribution in [2.45, 2.75) is 111 Å². The molecule has 0 amide bonds. The number of aliphatic hydroxyl groups is 1. The molecule has 7 nitrogen and oxygen atoms in total. The average molecular weight is 749 g/mol. The van der Waals surface area contributed by atoms with E-state index in [1.807, 2.05) is 42.5 Å². The average Bonchev–Trinajstić information content (AvgIpc) is 3.13. The molecule has 0 spiro atoms. The third-order valence-corrected chi connectivity index (χ3v) is 9.88. The minimum Gasteiger partial charge on any atom is -1.00 e. The van der Waals surface area contributed by atoms with Crippen molar-refractivity contribution in [1.29, 1.82) is 0 Å². The monoisotopic (exact) mass is 748 g/mol. The van der Waals surface area contributed by atoms with Crippen LogP contribution in [0, 0.1) is 0 Å². The number of nitrogens with zero attached hydrogens (tertiary/aromatic N) is 2. The van der Waals surface area contributed by atoms with Crippen molar-refractivity contribution < 1.29 is 45.1 Å². The molecule has 0 saturated carbocycles. The summed E-state index contributed by atoms with van der Waals surface area (Å²) in [4.78, 5) is 16.9. The predicted octanol–water partition coefficient (Wildman–Crippen LogP) is 5.28. The summed E-state index contributed by atoms with van der Waals surface area (Å²) in [6, 6.07) is 32.7. The van der Waals surface area contributed by atoms with Crippen molar-refractivity contribution in [3.05, 3.63) is 130 Å². The summed E-state index contributed by atoms with van der Waals surface area (Å²) in [6.07, 6.45) is 1.77. The van der Waals surface area contributed by atoms with E-state index < -0.39 is 5.97 Å². The van der Waals surface area contributed by atoms with E-state index in [4.69, 9.17) is 4.74 Å². The molecule has 9 heteroatoms. The van der Waals surface area contributed by atoms with Crippen molar-refractivity contribution in [1.82, 2.24) is 9.80 Å². The van der Waals surface area contributed by atoms with Gasteiger partial charge in [-0.1, -0.05) is 66.7 Å². The third kappa shape index (κ3) is 14.2. The molecule has 0 bridgehead atoms. The molecule has 0 fully saturated rings. The molecule has 0 radical (unpaired) electrons. The fourth-order valence-electron chi connectivity index (χ4n) is 7.22. The van der Waals surface area contributed by atoms with E-state index in [1.165, 1.54) is 12.7 Å². The van der Waals surface area contributed by atoms with Gasteiger partial charge >= 0.3 is 24.8 Å². The number of aromatic hydroxyl groups is 2. The Hall–Kier alpha value is -3.04. The number of phenolic OH excluding ortho intramolecular Hbond substituents is 2. The Morgan fingerprint density at radius 3 is 1.39 bits per heavy atom. The van der Waals surface area contributed by atoms with Crippen LogP contribution in [0.3, 0.4) is 0 Å². The minimum absolute atomic E-state index is 0. The van der Waals surface area contributed by atoms with Gasteiger partial charge in [0.15, 0.2) is 17.4 Å². The number of ether oxygens (including phenoxy) is 1. The van der Waals surface area contributed by atoms with Crippen LogP contribution in [-0.2, 0) is 11.3 Å². The Balaban J connectivity index is 0.00000101. The van der Waals surface area contributed by atoms with Crippen LogP contribution in [0.25, 0.3) is 0 Å². The van der Waals surface area contributed by atoms with E-state index in [0.29, 0.717) is 35.5 Å². The van der Waals surface area contributed by atoms with Crippen LogP contribution in [0.5, 0.6) is 11.5 Å². The van der Waals surface area contributed by atoms with Crippen LogP contribution >= 0.6 is 0 Å². The first kappa shape index (κ1) is 49.0. The van der Waals surface area contributed by atoms with Crippen LogP contribution < -0.4 is 18.9 Å². The Labute approximate surface area is 349 Å². The zero-order chi connectivity index (χ0) is 38.4. The van der Waals surface area contributed by atoms with Gasteiger partial charge in [0, 0.05) is 47.1 Å². The van der Waals surface area contributed by atoms with Gasteiger partial charge in [-0.3, -0.25) is 9.80 Å². The molecule has 3 N–H and O–H groups in total. The van der Waals surface area contributed by atoms with Gasteiger partial charge in [0.2, 0.25) is 0 Å². The maximum absolute atomic E-state index is 12.0. The molecule has 0 saturated heterocycles. The van der Waals surface area contributed by atoms with Crippen LogP contribution in [-0.4, -0.2) is 92.8 Å². The molecule has 4 rings (SSSR count). The maximum Gasteiger partial charge on any atom is 1.00 e. The van der Waals surface area contributed by atoms with Gasteiger partial charge in [0.1, 0.15) is 11.5 Å². The molecule has 0 unspecified atom stereocenters. The third-order valence-electron chi connectivity index (χ3n) is 9.88. The largest absolute Gasteiger partial charge is 1.00 e.